The van der Waals surface area contributed by atoms with Crippen LogP contribution in [0.25, 0.3) is 0 Å². The summed E-state index contributed by atoms with van der Waals surface area (Å²) in [5, 5.41) is 10.7. The molecule has 0 bridgehead atoms. The Balaban J connectivity index is 1.79. The molecule has 1 aliphatic heterocycles. The topological polar surface area (TPSA) is 23.5 Å². The van der Waals surface area contributed by atoms with Gasteiger partial charge in [-0.05, 0) is 18.8 Å². The van der Waals surface area contributed by atoms with Crippen LogP contribution in [0.3, 0.4) is 0 Å². The van der Waals surface area contributed by atoms with Gasteiger partial charge in [0.05, 0.1) is 6.10 Å². The molecule has 1 saturated carbocycles. The summed E-state index contributed by atoms with van der Waals surface area (Å²) >= 11 is 2.08. The zero-order chi connectivity index (χ0) is 10.7. The van der Waals surface area contributed by atoms with Crippen LogP contribution in [0.5, 0.6) is 0 Å². The summed E-state index contributed by atoms with van der Waals surface area (Å²) in [5.74, 6) is 1.82. The molecule has 0 spiro atoms. The molecule has 0 radical (unpaired) electrons. The van der Waals surface area contributed by atoms with E-state index < -0.39 is 0 Å². The first-order valence-electron chi connectivity index (χ1n) is 6.27. The third kappa shape index (κ3) is 3.36. The fourth-order valence-corrected chi connectivity index (χ4v) is 3.87. The Morgan fingerprint density at radius 3 is 2.87 bits per heavy atom. The molecule has 2 fully saturated rings. The highest BCUT2D eigenvalue weighted by Crippen LogP contribution is 2.27. The Morgan fingerprint density at radius 1 is 1.33 bits per heavy atom. The summed E-state index contributed by atoms with van der Waals surface area (Å²) < 4.78 is 0. The maximum atomic E-state index is 9.93. The molecule has 2 nitrogen and oxygen atoms in total. The zero-order valence-corrected chi connectivity index (χ0v) is 10.5. The van der Waals surface area contributed by atoms with Gasteiger partial charge in [0.2, 0.25) is 0 Å². The number of nitrogens with zero attached hydrogens (tertiary/aromatic N) is 1. The van der Waals surface area contributed by atoms with Crippen LogP contribution in [-0.4, -0.2) is 46.7 Å². The Morgan fingerprint density at radius 2 is 2.13 bits per heavy atom. The lowest BCUT2D eigenvalue weighted by Crippen LogP contribution is -2.43. The second-order valence-electron chi connectivity index (χ2n) is 5.05. The van der Waals surface area contributed by atoms with Gasteiger partial charge in [-0.15, -0.1) is 0 Å². The molecule has 0 aromatic carbocycles. The van der Waals surface area contributed by atoms with E-state index in [1.165, 1.54) is 38.1 Å². The monoisotopic (exact) mass is 229 g/mol. The Labute approximate surface area is 97.4 Å². The Bertz CT molecular complexity index is 200. The van der Waals surface area contributed by atoms with Crippen molar-refractivity contribution in [3.63, 3.8) is 0 Å². The van der Waals surface area contributed by atoms with E-state index >= 15 is 0 Å². The molecule has 0 amide bonds. The lowest BCUT2D eigenvalue weighted by Gasteiger charge is -2.36. The number of hydrogen-bond acceptors (Lipinski definition) is 3. The summed E-state index contributed by atoms with van der Waals surface area (Å²) in [6.07, 6.45) is 4.79. The van der Waals surface area contributed by atoms with E-state index in [0.717, 1.165) is 18.2 Å². The minimum atomic E-state index is -0.0244. The highest BCUT2D eigenvalue weighted by atomic mass is 32.2. The van der Waals surface area contributed by atoms with Gasteiger partial charge in [0.1, 0.15) is 0 Å². The number of rotatable bonds is 2. The van der Waals surface area contributed by atoms with E-state index in [1.54, 1.807) is 0 Å². The standard InChI is InChI=1S/C12H23NOS/c1-10-8-13(6-7-15-10)9-11-4-2-3-5-12(11)14/h10-12,14H,2-9H2,1H3. The van der Waals surface area contributed by atoms with Crippen LogP contribution in [-0.2, 0) is 0 Å². The van der Waals surface area contributed by atoms with Crippen LogP contribution in [0.1, 0.15) is 32.6 Å². The lowest BCUT2D eigenvalue weighted by molar-refractivity contribution is 0.0473. The number of aliphatic hydroxyl groups excluding tert-OH is 1. The Kier molecular flexibility index (Phi) is 4.35. The van der Waals surface area contributed by atoms with Crippen molar-refractivity contribution >= 4 is 11.8 Å². The van der Waals surface area contributed by atoms with Crippen LogP contribution < -0.4 is 0 Å². The highest BCUT2D eigenvalue weighted by molar-refractivity contribution is 7.99. The van der Waals surface area contributed by atoms with Gasteiger partial charge in [-0.3, -0.25) is 0 Å². The van der Waals surface area contributed by atoms with Gasteiger partial charge in [0.15, 0.2) is 0 Å². The van der Waals surface area contributed by atoms with Crippen molar-refractivity contribution in [1.82, 2.24) is 4.90 Å². The fraction of sp³-hybridized carbons (Fsp3) is 1.00. The molecule has 2 rings (SSSR count). The van der Waals surface area contributed by atoms with Crippen molar-refractivity contribution in [1.29, 1.82) is 0 Å². The minimum absolute atomic E-state index is 0.0244. The molecule has 15 heavy (non-hydrogen) atoms. The fourth-order valence-electron chi connectivity index (χ4n) is 2.79. The average Bonchev–Trinajstić information content (AvgIpc) is 2.22. The summed E-state index contributed by atoms with van der Waals surface area (Å²) in [7, 11) is 0. The van der Waals surface area contributed by atoms with Crippen molar-refractivity contribution in [2.24, 2.45) is 5.92 Å². The van der Waals surface area contributed by atoms with Crippen LogP contribution in [0, 0.1) is 5.92 Å². The molecular formula is C12H23NOS. The third-order valence-corrected chi connectivity index (χ3v) is 4.82. The highest BCUT2D eigenvalue weighted by Gasteiger charge is 2.26. The second kappa shape index (κ2) is 5.55. The largest absolute Gasteiger partial charge is 0.393 e. The van der Waals surface area contributed by atoms with E-state index in [9.17, 15) is 5.11 Å². The number of hydrogen-bond donors (Lipinski definition) is 1. The van der Waals surface area contributed by atoms with Crippen LogP contribution in [0.2, 0.25) is 0 Å². The molecule has 88 valence electrons. The summed E-state index contributed by atoms with van der Waals surface area (Å²) in [5.41, 5.74) is 0. The van der Waals surface area contributed by atoms with E-state index in [-0.39, 0.29) is 6.10 Å². The molecule has 3 heteroatoms. The summed E-state index contributed by atoms with van der Waals surface area (Å²) in [6, 6.07) is 0. The maximum Gasteiger partial charge on any atom is 0.0580 e. The zero-order valence-electron chi connectivity index (χ0n) is 9.69. The minimum Gasteiger partial charge on any atom is -0.393 e. The van der Waals surface area contributed by atoms with Crippen molar-refractivity contribution in [2.45, 2.75) is 44.0 Å². The predicted molar refractivity (Wildman–Crippen MR) is 66.3 cm³/mol. The molecule has 1 N–H and O–H groups in total. The summed E-state index contributed by atoms with van der Waals surface area (Å²) in [6.45, 7) is 5.88. The first-order chi connectivity index (χ1) is 7.25. The smallest absolute Gasteiger partial charge is 0.0580 e. The molecule has 0 aromatic heterocycles. The van der Waals surface area contributed by atoms with Crippen LogP contribution in [0.4, 0.5) is 0 Å². The van der Waals surface area contributed by atoms with E-state index in [0.29, 0.717) is 5.92 Å². The molecule has 3 atom stereocenters. The van der Waals surface area contributed by atoms with Gasteiger partial charge in [-0.2, -0.15) is 11.8 Å². The van der Waals surface area contributed by atoms with Crippen molar-refractivity contribution in [3.8, 4) is 0 Å². The summed E-state index contributed by atoms with van der Waals surface area (Å²) in [4.78, 5) is 2.56. The molecular weight excluding hydrogens is 206 g/mol. The van der Waals surface area contributed by atoms with E-state index in [2.05, 4.69) is 23.6 Å². The third-order valence-electron chi connectivity index (χ3n) is 3.69. The average molecular weight is 229 g/mol. The molecule has 0 aromatic rings. The SMILES string of the molecule is CC1CN(CC2CCCCC2O)CCS1. The van der Waals surface area contributed by atoms with Gasteiger partial charge < -0.3 is 10.0 Å². The molecule has 3 unspecified atom stereocenters. The molecule has 1 saturated heterocycles. The molecule has 1 heterocycles. The normalized spacial score (nSPS) is 39.2. The van der Waals surface area contributed by atoms with Gasteiger partial charge >= 0.3 is 0 Å². The van der Waals surface area contributed by atoms with Gasteiger partial charge in [0, 0.05) is 30.6 Å². The van der Waals surface area contributed by atoms with E-state index in [4.69, 9.17) is 0 Å². The van der Waals surface area contributed by atoms with Crippen molar-refractivity contribution in [3.05, 3.63) is 0 Å². The maximum absolute atomic E-state index is 9.93. The first-order valence-corrected chi connectivity index (χ1v) is 7.32. The van der Waals surface area contributed by atoms with Crippen molar-refractivity contribution in [2.75, 3.05) is 25.4 Å². The quantitative estimate of drug-likeness (QED) is 0.783. The predicted octanol–water partition coefficient (Wildman–Crippen LogP) is 1.97. The second-order valence-corrected chi connectivity index (χ2v) is 6.60. The van der Waals surface area contributed by atoms with Crippen LogP contribution >= 0.6 is 11.8 Å². The van der Waals surface area contributed by atoms with Gasteiger partial charge in [0.25, 0.3) is 0 Å². The van der Waals surface area contributed by atoms with Crippen LogP contribution in [0.15, 0.2) is 0 Å². The first kappa shape index (κ1) is 11.7. The number of thioether (sulfide) groups is 1. The molecule has 1 aliphatic carbocycles. The van der Waals surface area contributed by atoms with Gasteiger partial charge in [-0.1, -0.05) is 19.8 Å². The van der Waals surface area contributed by atoms with Crippen molar-refractivity contribution < 1.29 is 5.11 Å². The molecule has 2 aliphatic rings. The number of aliphatic hydroxyl groups is 1. The Hall–Kier alpha value is 0.270. The van der Waals surface area contributed by atoms with Gasteiger partial charge in [-0.25, -0.2) is 0 Å². The lowest BCUT2D eigenvalue weighted by atomic mass is 9.86. The van der Waals surface area contributed by atoms with E-state index in [1.807, 2.05) is 0 Å².